The fraction of sp³-hybridized carbons (Fsp3) is 0.286. The number of anilines is 1. The summed E-state index contributed by atoms with van der Waals surface area (Å²) in [7, 11) is 0. The van der Waals surface area contributed by atoms with E-state index in [1.54, 1.807) is 6.20 Å². The fourth-order valence-corrected chi connectivity index (χ4v) is 3.70. The molecule has 1 aliphatic rings. The van der Waals surface area contributed by atoms with Gasteiger partial charge in [0.1, 0.15) is 23.5 Å². The summed E-state index contributed by atoms with van der Waals surface area (Å²) in [6, 6.07) is 7.90. The maximum absolute atomic E-state index is 6.20. The van der Waals surface area contributed by atoms with E-state index in [4.69, 9.17) is 22.1 Å². The van der Waals surface area contributed by atoms with Crippen LogP contribution in [0.4, 0.5) is 5.82 Å². The molecule has 1 atom stereocenters. The average Bonchev–Trinajstić information content (AvgIpc) is 3.49. The highest BCUT2D eigenvalue weighted by Crippen LogP contribution is 2.37. The van der Waals surface area contributed by atoms with Gasteiger partial charge in [-0.25, -0.2) is 19.6 Å². The summed E-state index contributed by atoms with van der Waals surface area (Å²) in [6.07, 6.45) is 4.96. The van der Waals surface area contributed by atoms with Crippen LogP contribution in [-0.4, -0.2) is 29.7 Å². The minimum Gasteiger partial charge on any atom is -0.480 e. The van der Waals surface area contributed by atoms with Gasteiger partial charge < -0.3 is 10.5 Å². The van der Waals surface area contributed by atoms with E-state index in [1.807, 2.05) is 42.8 Å². The Hall–Kier alpha value is -3.26. The summed E-state index contributed by atoms with van der Waals surface area (Å²) in [4.78, 5) is 17.7. The van der Waals surface area contributed by atoms with E-state index in [2.05, 4.69) is 25.0 Å². The zero-order valence-electron chi connectivity index (χ0n) is 16.6. The minimum atomic E-state index is -0.384. The van der Waals surface area contributed by atoms with Gasteiger partial charge in [-0.2, -0.15) is 5.10 Å². The predicted octanol–water partition coefficient (Wildman–Crippen LogP) is 4.30. The first-order chi connectivity index (χ1) is 14.5. The Kier molecular flexibility index (Phi) is 4.51. The van der Waals surface area contributed by atoms with Crippen LogP contribution < -0.4 is 10.5 Å². The van der Waals surface area contributed by atoms with Gasteiger partial charge in [0.05, 0.1) is 23.3 Å². The maximum atomic E-state index is 6.20. The molecule has 1 aliphatic carbocycles. The highest BCUT2D eigenvalue weighted by molar-refractivity contribution is 6.30. The first kappa shape index (κ1) is 18.7. The number of fused-ring (bicyclic) bond motifs is 1. The molecule has 2 N–H and O–H groups in total. The number of nitrogens with zero attached hydrogens (tertiary/aromatic N) is 6. The lowest BCUT2D eigenvalue weighted by Crippen LogP contribution is -2.08. The number of aryl methyl sites for hydroxylation is 1. The quantitative estimate of drug-likeness (QED) is 0.512. The van der Waals surface area contributed by atoms with Crippen molar-refractivity contribution in [1.29, 1.82) is 0 Å². The number of benzene rings is 1. The summed E-state index contributed by atoms with van der Waals surface area (Å²) in [5, 5.41) is 5.85. The van der Waals surface area contributed by atoms with Crippen molar-refractivity contribution in [1.82, 2.24) is 29.7 Å². The van der Waals surface area contributed by atoms with Crippen LogP contribution in [0, 0.1) is 6.92 Å². The zero-order chi connectivity index (χ0) is 20.8. The summed E-state index contributed by atoms with van der Waals surface area (Å²) in [5.74, 6) is 2.33. The molecule has 8 nitrogen and oxygen atoms in total. The molecule has 0 spiro atoms. The van der Waals surface area contributed by atoms with Crippen molar-refractivity contribution < 1.29 is 4.74 Å². The number of nitrogens with two attached hydrogens (primary N) is 1. The monoisotopic (exact) mass is 421 g/mol. The Bertz CT molecular complexity index is 1250. The molecule has 1 aromatic carbocycles. The molecule has 3 heterocycles. The first-order valence-corrected chi connectivity index (χ1v) is 10.1. The van der Waals surface area contributed by atoms with Crippen molar-refractivity contribution in [3.63, 3.8) is 0 Å². The van der Waals surface area contributed by atoms with E-state index >= 15 is 0 Å². The number of hydrogen-bond donors (Lipinski definition) is 1. The maximum Gasteiger partial charge on any atom is 0.191 e. The standard InChI is InChI=1S/C21H20ClN7O/c1-11(21-27-12(2)29(28-21)15-6-7-15)30-16-9-24-18(13-4-3-5-14(22)8-13)19-17(16)20(23)26-10-25-19/h3-5,8-11,15H,6-7H2,1-2H3,(H2,23,25,26)/t11-/m0/s1. The van der Waals surface area contributed by atoms with E-state index < -0.39 is 0 Å². The number of nitrogen functional groups attached to an aromatic ring is 1. The van der Waals surface area contributed by atoms with Crippen LogP contribution in [0.1, 0.15) is 43.6 Å². The summed E-state index contributed by atoms with van der Waals surface area (Å²) in [5.41, 5.74) is 8.30. The van der Waals surface area contributed by atoms with Crippen molar-refractivity contribution in [3.05, 3.63) is 53.5 Å². The summed E-state index contributed by atoms with van der Waals surface area (Å²) in [6.45, 7) is 3.87. The molecule has 0 unspecified atom stereocenters. The second-order valence-electron chi connectivity index (χ2n) is 7.42. The Morgan fingerprint density at radius 2 is 2.07 bits per heavy atom. The second kappa shape index (κ2) is 7.21. The third-order valence-electron chi connectivity index (χ3n) is 5.13. The summed E-state index contributed by atoms with van der Waals surface area (Å²) < 4.78 is 8.17. The predicted molar refractivity (Wildman–Crippen MR) is 114 cm³/mol. The van der Waals surface area contributed by atoms with Crippen LogP contribution in [0.3, 0.4) is 0 Å². The number of aromatic nitrogens is 6. The Labute approximate surface area is 178 Å². The third-order valence-corrected chi connectivity index (χ3v) is 5.37. The molecule has 5 rings (SSSR count). The molecule has 0 amide bonds. The highest BCUT2D eigenvalue weighted by Gasteiger charge is 2.28. The molecule has 1 saturated carbocycles. The van der Waals surface area contributed by atoms with Gasteiger partial charge in [-0.15, -0.1) is 0 Å². The Morgan fingerprint density at radius 1 is 1.23 bits per heavy atom. The number of rotatable bonds is 5. The van der Waals surface area contributed by atoms with Crippen LogP contribution in [-0.2, 0) is 0 Å². The van der Waals surface area contributed by atoms with Gasteiger partial charge in [0.15, 0.2) is 17.7 Å². The van der Waals surface area contributed by atoms with Gasteiger partial charge in [0.2, 0.25) is 0 Å². The number of pyridine rings is 1. The minimum absolute atomic E-state index is 0.320. The SMILES string of the molecule is Cc1nc([C@H](C)Oc2cnc(-c3cccc(Cl)c3)c3ncnc(N)c23)nn1C1CC1. The smallest absolute Gasteiger partial charge is 0.191 e. The largest absolute Gasteiger partial charge is 0.480 e. The molecule has 1 fully saturated rings. The normalized spacial score (nSPS) is 14.8. The molecule has 0 radical (unpaired) electrons. The highest BCUT2D eigenvalue weighted by atomic mass is 35.5. The van der Waals surface area contributed by atoms with E-state index in [9.17, 15) is 0 Å². The Balaban J connectivity index is 1.55. The Morgan fingerprint density at radius 3 is 2.83 bits per heavy atom. The van der Waals surface area contributed by atoms with Crippen LogP contribution in [0.25, 0.3) is 22.2 Å². The molecule has 0 aliphatic heterocycles. The molecule has 9 heteroatoms. The van der Waals surface area contributed by atoms with Gasteiger partial charge in [0.25, 0.3) is 0 Å². The zero-order valence-corrected chi connectivity index (χ0v) is 17.3. The topological polar surface area (TPSA) is 105 Å². The van der Waals surface area contributed by atoms with Crippen molar-refractivity contribution in [2.45, 2.75) is 38.8 Å². The van der Waals surface area contributed by atoms with Gasteiger partial charge in [0, 0.05) is 10.6 Å². The molecule has 30 heavy (non-hydrogen) atoms. The lowest BCUT2D eigenvalue weighted by Gasteiger charge is -2.15. The fourth-order valence-electron chi connectivity index (χ4n) is 3.51. The number of halogens is 1. The van der Waals surface area contributed by atoms with Crippen molar-refractivity contribution >= 4 is 28.3 Å². The van der Waals surface area contributed by atoms with Gasteiger partial charge in [-0.3, -0.25) is 4.98 Å². The van der Waals surface area contributed by atoms with Crippen molar-refractivity contribution in [3.8, 4) is 17.0 Å². The van der Waals surface area contributed by atoms with Crippen LogP contribution in [0.5, 0.6) is 5.75 Å². The lowest BCUT2D eigenvalue weighted by molar-refractivity contribution is 0.218. The number of hydrogen-bond acceptors (Lipinski definition) is 7. The van der Waals surface area contributed by atoms with Crippen LogP contribution >= 0.6 is 11.6 Å². The van der Waals surface area contributed by atoms with Gasteiger partial charge in [-0.05, 0) is 38.8 Å². The van der Waals surface area contributed by atoms with Gasteiger partial charge >= 0.3 is 0 Å². The van der Waals surface area contributed by atoms with Gasteiger partial charge in [-0.1, -0.05) is 23.7 Å². The number of ether oxygens (including phenoxy) is 1. The van der Waals surface area contributed by atoms with Crippen LogP contribution in [0.2, 0.25) is 5.02 Å². The molecular formula is C21H20ClN7O. The van der Waals surface area contributed by atoms with E-state index in [1.165, 1.54) is 6.33 Å². The first-order valence-electron chi connectivity index (χ1n) is 9.76. The van der Waals surface area contributed by atoms with Crippen molar-refractivity contribution in [2.75, 3.05) is 5.73 Å². The molecule has 0 bridgehead atoms. The van der Waals surface area contributed by atoms with E-state index in [0.717, 1.165) is 24.2 Å². The molecule has 3 aromatic heterocycles. The molecule has 4 aromatic rings. The third kappa shape index (κ3) is 3.33. The average molecular weight is 422 g/mol. The van der Waals surface area contributed by atoms with E-state index in [0.29, 0.717) is 45.1 Å². The lowest BCUT2D eigenvalue weighted by atomic mass is 10.1. The second-order valence-corrected chi connectivity index (χ2v) is 7.85. The van der Waals surface area contributed by atoms with Crippen LogP contribution in [0.15, 0.2) is 36.8 Å². The molecule has 0 saturated heterocycles. The van der Waals surface area contributed by atoms with Crippen molar-refractivity contribution in [2.24, 2.45) is 0 Å². The summed E-state index contributed by atoms with van der Waals surface area (Å²) >= 11 is 6.16. The molecule has 152 valence electrons. The van der Waals surface area contributed by atoms with E-state index in [-0.39, 0.29) is 6.10 Å². The molecular weight excluding hydrogens is 402 g/mol.